The fraction of sp³-hybridized carbons (Fsp3) is 0.536. The molecular weight excluding hydrogens is 403 g/mol. The first-order valence-electron chi connectivity index (χ1n) is 12.2. The highest BCUT2D eigenvalue weighted by atomic mass is 19.1. The van der Waals surface area contributed by atoms with Crippen LogP contribution in [0.5, 0.6) is 5.75 Å². The van der Waals surface area contributed by atoms with Crippen LogP contribution in [0.15, 0.2) is 42.5 Å². The molecule has 0 bridgehead atoms. The number of hydrogen-bond acceptors (Lipinski definition) is 2. The van der Waals surface area contributed by atoms with E-state index in [1.54, 1.807) is 6.07 Å². The van der Waals surface area contributed by atoms with Gasteiger partial charge in [0.2, 0.25) is 0 Å². The summed E-state index contributed by atoms with van der Waals surface area (Å²) >= 11 is 0. The molecule has 0 radical (unpaired) electrons. The number of rotatable bonds is 9. The van der Waals surface area contributed by atoms with Crippen molar-refractivity contribution in [2.24, 2.45) is 17.8 Å². The number of aryl methyl sites for hydroxylation is 1. The second kappa shape index (κ2) is 10.1. The summed E-state index contributed by atoms with van der Waals surface area (Å²) in [6, 6.07) is 13.6. The molecule has 0 saturated heterocycles. The molecule has 2 aromatic rings. The minimum absolute atomic E-state index is 0.0558. The normalized spacial score (nSPS) is 22.8. The molecule has 172 valence electrons. The van der Waals surface area contributed by atoms with Gasteiger partial charge in [0.25, 0.3) is 0 Å². The van der Waals surface area contributed by atoms with Crippen molar-refractivity contribution >= 4 is 5.97 Å². The Morgan fingerprint density at radius 3 is 2.50 bits per heavy atom. The minimum atomic E-state index is -0.731. The Morgan fingerprint density at radius 2 is 1.84 bits per heavy atom. The molecule has 0 unspecified atom stereocenters. The quantitative estimate of drug-likeness (QED) is 0.460. The van der Waals surface area contributed by atoms with E-state index in [0.717, 1.165) is 61.8 Å². The highest BCUT2D eigenvalue weighted by Crippen LogP contribution is 2.47. The first-order chi connectivity index (χ1) is 15.5. The minimum Gasteiger partial charge on any atom is -0.493 e. The number of carbonyl (C=O) groups is 1. The summed E-state index contributed by atoms with van der Waals surface area (Å²) in [5.41, 5.74) is 3.17. The third-order valence-electron chi connectivity index (χ3n) is 7.54. The maximum absolute atomic E-state index is 14.4. The fourth-order valence-corrected chi connectivity index (χ4v) is 5.37. The Balaban J connectivity index is 1.33. The second-order valence-corrected chi connectivity index (χ2v) is 9.80. The summed E-state index contributed by atoms with van der Waals surface area (Å²) in [5, 5.41) is 9.53. The van der Waals surface area contributed by atoms with Gasteiger partial charge in [0.1, 0.15) is 11.6 Å². The summed E-state index contributed by atoms with van der Waals surface area (Å²) in [6.07, 6.45) is 7.23. The van der Waals surface area contributed by atoms with Crippen molar-refractivity contribution in [3.63, 3.8) is 0 Å². The lowest BCUT2D eigenvalue weighted by Gasteiger charge is -2.29. The topological polar surface area (TPSA) is 46.5 Å². The highest BCUT2D eigenvalue weighted by Gasteiger charge is 2.38. The van der Waals surface area contributed by atoms with Crippen LogP contribution in [-0.4, -0.2) is 17.7 Å². The largest absolute Gasteiger partial charge is 0.493 e. The maximum Gasteiger partial charge on any atom is 0.306 e. The Kier molecular flexibility index (Phi) is 7.17. The van der Waals surface area contributed by atoms with E-state index < -0.39 is 5.97 Å². The molecule has 2 aliphatic rings. The number of aliphatic carboxylic acids is 1. The molecule has 0 amide bonds. The smallest absolute Gasteiger partial charge is 0.306 e. The summed E-state index contributed by atoms with van der Waals surface area (Å²) in [6.45, 7) is 4.59. The molecule has 2 atom stereocenters. The highest BCUT2D eigenvalue weighted by molar-refractivity contribution is 5.71. The predicted molar refractivity (Wildman–Crippen MR) is 125 cm³/mol. The number of ether oxygens (including phenoxy) is 1. The molecule has 0 heterocycles. The van der Waals surface area contributed by atoms with Crippen molar-refractivity contribution < 1.29 is 19.0 Å². The lowest BCUT2D eigenvalue weighted by Crippen LogP contribution is -2.21. The predicted octanol–water partition coefficient (Wildman–Crippen LogP) is 6.96. The van der Waals surface area contributed by atoms with Gasteiger partial charge in [0, 0.05) is 0 Å². The van der Waals surface area contributed by atoms with Crippen LogP contribution in [0.2, 0.25) is 0 Å². The Hall–Kier alpha value is -2.36. The van der Waals surface area contributed by atoms with E-state index in [9.17, 15) is 14.3 Å². The molecule has 2 fully saturated rings. The maximum atomic E-state index is 14.4. The van der Waals surface area contributed by atoms with Crippen LogP contribution < -0.4 is 4.74 Å². The van der Waals surface area contributed by atoms with Crippen molar-refractivity contribution in [3.8, 4) is 5.75 Å². The zero-order chi connectivity index (χ0) is 22.7. The van der Waals surface area contributed by atoms with Gasteiger partial charge in [-0.25, -0.2) is 4.39 Å². The van der Waals surface area contributed by atoms with Crippen molar-refractivity contribution in [3.05, 3.63) is 65.0 Å². The van der Waals surface area contributed by atoms with E-state index >= 15 is 0 Å². The van der Waals surface area contributed by atoms with E-state index in [2.05, 4.69) is 13.0 Å². The van der Waals surface area contributed by atoms with Crippen LogP contribution in [-0.2, 0) is 11.2 Å². The zero-order valence-electron chi connectivity index (χ0n) is 19.2. The van der Waals surface area contributed by atoms with Gasteiger partial charge in [-0.1, -0.05) is 38.1 Å². The zero-order valence-corrected chi connectivity index (χ0v) is 19.2. The lowest BCUT2D eigenvalue weighted by molar-refractivity contribution is -0.142. The number of halogens is 1. The van der Waals surface area contributed by atoms with Gasteiger partial charge in [-0.3, -0.25) is 4.79 Å². The van der Waals surface area contributed by atoms with Crippen LogP contribution in [0.1, 0.15) is 80.9 Å². The first-order valence-corrected chi connectivity index (χ1v) is 12.2. The Labute approximate surface area is 191 Å². The monoisotopic (exact) mass is 438 g/mol. The molecule has 4 rings (SSSR count). The Bertz CT molecular complexity index is 928. The van der Waals surface area contributed by atoms with E-state index in [1.807, 2.05) is 37.3 Å². The van der Waals surface area contributed by atoms with Crippen LogP contribution in [0.4, 0.5) is 4.39 Å². The third-order valence-corrected chi connectivity index (χ3v) is 7.54. The van der Waals surface area contributed by atoms with Crippen LogP contribution >= 0.6 is 0 Å². The van der Waals surface area contributed by atoms with Crippen molar-refractivity contribution in [2.75, 3.05) is 6.61 Å². The molecule has 0 spiro atoms. The third kappa shape index (κ3) is 5.33. The van der Waals surface area contributed by atoms with Crippen LogP contribution in [0.3, 0.4) is 0 Å². The Morgan fingerprint density at radius 1 is 1.09 bits per heavy atom. The van der Waals surface area contributed by atoms with Crippen molar-refractivity contribution in [2.45, 2.75) is 70.6 Å². The van der Waals surface area contributed by atoms with E-state index in [4.69, 9.17) is 4.74 Å². The standard InChI is InChI=1S/C28H35FO3/c1-3-19-9-14-26(29)25(15-19)21-10-7-20(8-11-21)17-32-24-6-4-5-23(16-24)27(22-12-13-22)18(2)28(30)31/h4-6,9,14-16,18,20-22,27H,3,7-8,10-13,17H2,1-2H3,(H,30,31)/t18-,20-,21-,27-/m0/s1. The summed E-state index contributed by atoms with van der Waals surface area (Å²) in [4.78, 5) is 11.6. The number of benzene rings is 2. The molecule has 4 heteroatoms. The average molecular weight is 439 g/mol. The van der Waals surface area contributed by atoms with E-state index in [0.29, 0.717) is 24.4 Å². The summed E-state index contributed by atoms with van der Waals surface area (Å²) < 4.78 is 20.5. The van der Waals surface area contributed by atoms with Crippen molar-refractivity contribution in [1.29, 1.82) is 0 Å². The van der Waals surface area contributed by atoms with E-state index in [-0.39, 0.29) is 17.7 Å². The molecule has 0 aliphatic heterocycles. The molecule has 3 nitrogen and oxygen atoms in total. The van der Waals surface area contributed by atoms with Gasteiger partial charge in [-0.2, -0.15) is 0 Å². The number of carboxylic acids is 1. The fourth-order valence-electron chi connectivity index (χ4n) is 5.37. The number of hydrogen-bond donors (Lipinski definition) is 1. The molecule has 2 aromatic carbocycles. The summed E-state index contributed by atoms with van der Waals surface area (Å²) in [5.74, 6) is 0.945. The summed E-state index contributed by atoms with van der Waals surface area (Å²) in [7, 11) is 0. The van der Waals surface area contributed by atoms with Gasteiger partial charge >= 0.3 is 5.97 Å². The molecule has 2 saturated carbocycles. The number of carboxylic acid groups (broad SMARTS) is 1. The van der Waals surface area contributed by atoms with Gasteiger partial charge < -0.3 is 9.84 Å². The molecule has 1 N–H and O–H groups in total. The van der Waals surface area contributed by atoms with Crippen LogP contribution in [0, 0.1) is 23.6 Å². The van der Waals surface area contributed by atoms with Crippen LogP contribution in [0.25, 0.3) is 0 Å². The average Bonchev–Trinajstić information content (AvgIpc) is 3.64. The SMILES string of the molecule is CCc1ccc(F)c([C@H]2CC[C@H](COc3cccc([C@H](C4CC4)[C@H](C)C(=O)O)c3)CC2)c1. The van der Waals surface area contributed by atoms with Gasteiger partial charge in [0.15, 0.2) is 0 Å². The molecule has 32 heavy (non-hydrogen) atoms. The second-order valence-electron chi connectivity index (χ2n) is 9.80. The lowest BCUT2D eigenvalue weighted by atomic mass is 9.78. The van der Waals surface area contributed by atoms with E-state index in [1.165, 1.54) is 5.56 Å². The molecule has 2 aliphatic carbocycles. The van der Waals surface area contributed by atoms with Gasteiger partial charge in [-0.05, 0) is 104 Å². The first kappa shape index (κ1) is 22.8. The van der Waals surface area contributed by atoms with Gasteiger partial charge in [-0.15, -0.1) is 0 Å². The van der Waals surface area contributed by atoms with Crippen molar-refractivity contribution in [1.82, 2.24) is 0 Å². The molecule has 0 aromatic heterocycles. The molecular formula is C28H35FO3. The van der Waals surface area contributed by atoms with Gasteiger partial charge in [0.05, 0.1) is 12.5 Å².